The van der Waals surface area contributed by atoms with Crippen molar-refractivity contribution in [2.45, 2.75) is 37.9 Å². The Morgan fingerprint density at radius 2 is 1.89 bits per heavy atom. The van der Waals surface area contributed by atoms with E-state index >= 15 is 0 Å². The molecule has 0 aromatic heterocycles. The molecular weight excluding hydrogens is 310 g/mol. The van der Waals surface area contributed by atoms with Gasteiger partial charge in [-0.3, -0.25) is 4.79 Å². The molecule has 4 nitrogen and oxygen atoms in total. The van der Waals surface area contributed by atoms with Crippen LogP contribution in [0.25, 0.3) is 0 Å². The van der Waals surface area contributed by atoms with E-state index in [-0.39, 0.29) is 5.78 Å². The summed E-state index contributed by atoms with van der Waals surface area (Å²) in [7, 11) is 0. The van der Waals surface area contributed by atoms with E-state index in [1.54, 1.807) is 6.07 Å². The van der Waals surface area contributed by atoms with E-state index in [4.69, 9.17) is 15.2 Å². The lowest BCUT2D eigenvalue weighted by atomic mass is 10.1. The van der Waals surface area contributed by atoms with Gasteiger partial charge in [0, 0.05) is 29.3 Å². The smallest absolute Gasteiger partial charge is 0.251 e. The van der Waals surface area contributed by atoms with E-state index in [9.17, 15) is 4.79 Å². The molecule has 0 amide bonds. The molecule has 0 radical (unpaired) electrons. The highest BCUT2D eigenvalue weighted by molar-refractivity contribution is 9.10. The summed E-state index contributed by atoms with van der Waals surface area (Å²) < 4.78 is 12.6. The van der Waals surface area contributed by atoms with Crippen LogP contribution < -0.4 is 15.2 Å². The minimum Gasteiger partial charge on any atom is -0.448 e. The average molecular weight is 326 g/mol. The number of hydrogen-bond acceptors (Lipinski definition) is 4. The molecule has 1 spiro atoms. The monoisotopic (exact) mass is 325 g/mol. The fraction of sp³-hybridized carbons (Fsp3) is 0.500. The van der Waals surface area contributed by atoms with E-state index in [0.717, 1.165) is 35.9 Å². The Bertz CT molecular complexity index is 524. The molecule has 1 aromatic carbocycles. The predicted octanol–water partition coefficient (Wildman–Crippen LogP) is 3.02. The summed E-state index contributed by atoms with van der Waals surface area (Å²) in [5, 5.41) is 0. The Hall–Kier alpha value is -1.07. The topological polar surface area (TPSA) is 61.6 Å². The number of ketones is 1. The fourth-order valence-electron chi connectivity index (χ4n) is 2.71. The number of fused-ring (bicyclic) bond motifs is 1. The summed E-state index contributed by atoms with van der Waals surface area (Å²) in [6.07, 6.45) is 4.39. The van der Waals surface area contributed by atoms with Crippen molar-refractivity contribution in [3.8, 4) is 11.5 Å². The molecule has 19 heavy (non-hydrogen) atoms. The highest BCUT2D eigenvalue weighted by atomic mass is 79.9. The third-order valence-electron chi connectivity index (χ3n) is 3.66. The number of halogens is 1. The van der Waals surface area contributed by atoms with Crippen LogP contribution in [0.2, 0.25) is 0 Å². The van der Waals surface area contributed by atoms with Crippen molar-refractivity contribution >= 4 is 21.7 Å². The van der Waals surface area contributed by atoms with Crippen LogP contribution in [0.15, 0.2) is 16.6 Å². The minimum absolute atomic E-state index is 0.0214. The molecule has 1 aliphatic carbocycles. The Morgan fingerprint density at radius 3 is 2.53 bits per heavy atom. The average Bonchev–Trinajstić information content (AvgIpc) is 2.95. The number of Topliss-reactive ketones (excluding diaryl/α,β-unsaturated/α-hetero) is 1. The Kier molecular flexibility index (Phi) is 3.27. The number of carbonyl (C=O) groups excluding carboxylic acids is 1. The molecule has 2 N–H and O–H groups in total. The Morgan fingerprint density at radius 1 is 1.26 bits per heavy atom. The first-order valence-corrected chi connectivity index (χ1v) is 7.38. The van der Waals surface area contributed by atoms with E-state index in [2.05, 4.69) is 15.9 Å². The van der Waals surface area contributed by atoms with E-state index in [0.29, 0.717) is 24.3 Å². The molecule has 0 atom stereocenters. The fourth-order valence-corrected chi connectivity index (χ4v) is 3.26. The van der Waals surface area contributed by atoms with Crippen LogP contribution in [0.1, 0.15) is 42.5 Å². The van der Waals surface area contributed by atoms with Crippen LogP contribution in [0.3, 0.4) is 0 Å². The first-order chi connectivity index (χ1) is 9.13. The highest BCUT2D eigenvalue weighted by Crippen LogP contribution is 2.48. The van der Waals surface area contributed by atoms with E-state index < -0.39 is 5.79 Å². The predicted molar refractivity (Wildman–Crippen MR) is 74.6 cm³/mol. The molecule has 102 valence electrons. The van der Waals surface area contributed by atoms with Gasteiger partial charge >= 0.3 is 0 Å². The minimum atomic E-state index is -0.489. The first-order valence-electron chi connectivity index (χ1n) is 6.58. The van der Waals surface area contributed by atoms with Crippen LogP contribution in [0.5, 0.6) is 11.5 Å². The van der Waals surface area contributed by atoms with Crippen molar-refractivity contribution in [1.82, 2.24) is 0 Å². The Labute approximate surface area is 120 Å². The molecular formula is C14H16BrNO3. The second-order valence-electron chi connectivity index (χ2n) is 5.06. The summed E-state index contributed by atoms with van der Waals surface area (Å²) in [4.78, 5) is 12.0. The van der Waals surface area contributed by atoms with E-state index in [1.807, 2.05) is 6.07 Å². The van der Waals surface area contributed by atoms with Gasteiger partial charge in [-0.1, -0.05) is 0 Å². The molecule has 1 saturated carbocycles. The maximum Gasteiger partial charge on any atom is 0.251 e. The molecule has 1 fully saturated rings. The number of ether oxygens (including phenoxy) is 2. The number of benzene rings is 1. The molecule has 2 aliphatic rings. The van der Waals surface area contributed by atoms with Crippen molar-refractivity contribution in [2.75, 3.05) is 6.54 Å². The number of rotatable bonds is 3. The van der Waals surface area contributed by atoms with Gasteiger partial charge in [0.1, 0.15) is 0 Å². The molecule has 0 saturated heterocycles. The van der Waals surface area contributed by atoms with Gasteiger partial charge in [0.25, 0.3) is 5.79 Å². The van der Waals surface area contributed by atoms with Crippen molar-refractivity contribution in [3.05, 3.63) is 22.2 Å². The van der Waals surface area contributed by atoms with Crippen LogP contribution in [0.4, 0.5) is 0 Å². The SMILES string of the molecule is NCCC(=O)c1cc2c(cc1Br)OC1(CCCC1)O2. The number of hydrogen-bond donors (Lipinski definition) is 1. The first kappa shape index (κ1) is 12.9. The standard InChI is InChI=1S/C14H16BrNO3/c15-10-8-13-12(7-9(10)11(17)3-6-16)18-14(19-13)4-1-2-5-14/h7-8H,1-6,16H2. The number of nitrogens with two attached hydrogens (primary N) is 1. The maximum absolute atomic E-state index is 12.0. The molecule has 0 bridgehead atoms. The van der Waals surface area contributed by atoms with Gasteiger partial charge in [0.2, 0.25) is 0 Å². The lowest BCUT2D eigenvalue weighted by Gasteiger charge is -2.21. The molecule has 1 aromatic rings. The van der Waals surface area contributed by atoms with Crippen LogP contribution in [-0.4, -0.2) is 18.1 Å². The lowest BCUT2D eigenvalue weighted by Crippen LogP contribution is -2.34. The van der Waals surface area contributed by atoms with E-state index in [1.165, 1.54) is 0 Å². The van der Waals surface area contributed by atoms with Gasteiger partial charge in [0.05, 0.1) is 0 Å². The summed E-state index contributed by atoms with van der Waals surface area (Å²) in [5.74, 6) is 0.925. The third kappa shape index (κ3) is 2.25. The van der Waals surface area contributed by atoms with Gasteiger partial charge in [0.15, 0.2) is 17.3 Å². The molecule has 0 unspecified atom stereocenters. The van der Waals surface area contributed by atoms with Crippen molar-refractivity contribution < 1.29 is 14.3 Å². The Balaban J connectivity index is 1.91. The molecule has 5 heteroatoms. The van der Waals surface area contributed by atoms with Crippen LogP contribution in [-0.2, 0) is 0 Å². The van der Waals surface area contributed by atoms with Gasteiger partial charge in [-0.2, -0.15) is 0 Å². The van der Waals surface area contributed by atoms with Crippen LogP contribution in [0, 0.1) is 0 Å². The second kappa shape index (κ2) is 4.80. The summed E-state index contributed by atoms with van der Waals surface area (Å²) in [6.45, 7) is 0.351. The highest BCUT2D eigenvalue weighted by Gasteiger charge is 2.44. The quantitative estimate of drug-likeness (QED) is 0.868. The molecule has 1 aliphatic heterocycles. The summed E-state index contributed by atoms with van der Waals surface area (Å²) >= 11 is 3.42. The zero-order chi connectivity index (χ0) is 13.5. The largest absolute Gasteiger partial charge is 0.448 e. The zero-order valence-corrected chi connectivity index (χ0v) is 12.2. The van der Waals surface area contributed by atoms with Crippen molar-refractivity contribution in [1.29, 1.82) is 0 Å². The van der Waals surface area contributed by atoms with Gasteiger partial charge in [-0.15, -0.1) is 0 Å². The lowest BCUT2D eigenvalue weighted by molar-refractivity contribution is -0.0716. The molecule has 1 heterocycles. The third-order valence-corrected chi connectivity index (χ3v) is 4.32. The maximum atomic E-state index is 12.0. The van der Waals surface area contributed by atoms with Crippen molar-refractivity contribution in [3.63, 3.8) is 0 Å². The summed E-state index contributed by atoms with van der Waals surface area (Å²) in [6, 6.07) is 3.59. The van der Waals surface area contributed by atoms with Gasteiger partial charge < -0.3 is 15.2 Å². The van der Waals surface area contributed by atoms with Crippen molar-refractivity contribution in [2.24, 2.45) is 5.73 Å². The normalized spacial score (nSPS) is 19.1. The van der Waals surface area contributed by atoms with Gasteiger partial charge in [-0.25, -0.2) is 0 Å². The van der Waals surface area contributed by atoms with Crippen LogP contribution >= 0.6 is 15.9 Å². The molecule has 3 rings (SSSR count). The van der Waals surface area contributed by atoms with Gasteiger partial charge in [-0.05, 0) is 47.4 Å². The summed E-state index contributed by atoms with van der Waals surface area (Å²) in [5.41, 5.74) is 6.05. The zero-order valence-electron chi connectivity index (χ0n) is 10.6. The second-order valence-corrected chi connectivity index (χ2v) is 5.92. The number of carbonyl (C=O) groups is 1.